The van der Waals surface area contributed by atoms with Crippen molar-refractivity contribution in [3.63, 3.8) is 0 Å². The van der Waals surface area contributed by atoms with Crippen molar-refractivity contribution < 1.29 is 0 Å². The van der Waals surface area contributed by atoms with Gasteiger partial charge in [0.25, 0.3) is 0 Å². The third kappa shape index (κ3) is 35.6. The fourth-order valence-electron chi connectivity index (χ4n) is 0.500. The molecule has 0 atom stereocenters. The van der Waals surface area contributed by atoms with Crippen molar-refractivity contribution in [3.8, 4) is 0 Å². The van der Waals surface area contributed by atoms with Crippen LogP contribution in [0, 0.1) is 0 Å². The summed E-state index contributed by atoms with van der Waals surface area (Å²) >= 11 is 14.8. The highest BCUT2D eigenvalue weighted by Gasteiger charge is 1.85. The van der Waals surface area contributed by atoms with Crippen molar-refractivity contribution in [2.45, 2.75) is 39.5 Å². The lowest BCUT2D eigenvalue weighted by Crippen LogP contribution is -1.66. The minimum atomic E-state index is -1.72. The average molecular weight is 222 g/mol. The van der Waals surface area contributed by atoms with E-state index in [1.807, 2.05) is 0 Å². The molecule has 0 spiro atoms. The molecule has 0 unspecified atom stereocenters. The highest BCUT2D eigenvalue weighted by Crippen LogP contribution is 1.97. The van der Waals surface area contributed by atoms with Crippen LogP contribution < -0.4 is 0 Å². The second-order valence-electron chi connectivity index (χ2n) is 1.95. The molecule has 0 aromatic rings. The van der Waals surface area contributed by atoms with Gasteiger partial charge in [-0.05, 0) is 0 Å². The van der Waals surface area contributed by atoms with Gasteiger partial charge in [0.2, 0.25) is 0 Å². The van der Waals surface area contributed by atoms with E-state index in [-0.39, 0.29) is 0 Å². The van der Waals surface area contributed by atoms with E-state index in [1.165, 1.54) is 25.7 Å². The fraction of sp³-hybridized carbons (Fsp3) is 1.00. The molecule has 64 valence electrons. The first-order chi connectivity index (χ1) is 4.65. The number of halogens is 3. The SMILES string of the molecule is CCCCCC.Cl[SiH](Cl)Cl. The zero-order chi connectivity index (χ0) is 8.41. The molecule has 0 nitrogen and oxygen atoms in total. The molecule has 0 N–H and O–H groups in total. The van der Waals surface area contributed by atoms with Crippen molar-refractivity contribution in [2.75, 3.05) is 0 Å². The Morgan fingerprint density at radius 2 is 1.10 bits per heavy atom. The summed E-state index contributed by atoms with van der Waals surface area (Å²) < 4.78 is 0. The summed E-state index contributed by atoms with van der Waals surface area (Å²) in [5, 5.41) is 0. The lowest BCUT2D eigenvalue weighted by atomic mass is 10.2. The quantitative estimate of drug-likeness (QED) is 0.384. The maximum absolute atomic E-state index is 4.94. The van der Waals surface area contributed by atoms with Gasteiger partial charge in [-0.1, -0.05) is 39.5 Å². The Morgan fingerprint density at radius 3 is 1.20 bits per heavy atom. The molecule has 0 amide bonds. The largest absolute Gasteiger partial charge is 0.326 e. The molecule has 0 aliphatic rings. The Labute approximate surface area is 79.6 Å². The normalized spacial score (nSPS) is 9.00. The standard InChI is InChI=1S/C6H14.Cl3HSi/c1-3-5-6-4-2;1-4(2)3/h3-6H2,1-2H3;4H. The molecule has 10 heavy (non-hydrogen) atoms. The molecule has 0 radical (unpaired) electrons. The predicted molar refractivity (Wildman–Crippen MR) is 54.5 cm³/mol. The van der Waals surface area contributed by atoms with Gasteiger partial charge in [0.15, 0.2) is 0 Å². The molecule has 0 rings (SSSR count). The first-order valence-corrected chi connectivity index (χ1v) is 8.81. The van der Waals surface area contributed by atoms with E-state index < -0.39 is 6.73 Å². The predicted octanol–water partition coefficient (Wildman–Crippen LogP) is 4.01. The van der Waals surface area contributed by atoms with Crippen LogP contribution in [0.15, 0.2) is 0 Å². The molecule has 0 saturated heterocycles. The Morgan fingerprint density at radius 1 is 0.900 bits per heavy atom. The summed E-state index contributed by atoms with van der Waals surface area (Å²) in [5.41, 5.74) is 0. The fourth-order valence-corrected chi connectivity index (χ4v) is 0.500. The molecular formula is C6H15Cl3Si. The second-order valence-corrected chi connectivity index (χ2v) is 8.39. The Kier molecular flexibility index (Phi) is 17.4. The van der Waals surface area contributed by atoms with Gasteiger partial charge in [-0.25, -0.2) is 0 Å². The zero-order valence-corrected chi connectivity index (χ0v) is 9.96. The monoisotopic (exact) mass is 220 g/mol. The third-order valence-corrected chi connectivity index (χ3v) is 0.957. The highest BCUT2D eigenvalue weighted by molar-refractivity contribution is 7.54. The van der Waals surface area contributed by atoms with Crippen LogP contribution in [0.25, 0.3) is 0 Å². The summed E-state index contributed by atoms with van der Waals surface area (Å²) in [7, 11) is 0. The Balaban J connectivity index is 0. The van der Waals surface area contributed by atoms with Gasteiger partial charge < -0.3 is 0 Å². The van der Waals surface area contributed by atoms with Crippen molar-refractivity contribution in [1.82, 2.24) is 0 Å². The van der Waals surface area contributed by atoms with Gasteiger partial charge in [0, 0.05) is 0 Å². The number of rotatable bonds is 3. The van der Waals surface area contributed by atoms with Crippen LogP contribution in [0.5, 0.6) is 0 Å². The van der Waals surface area contributed by atoms with Gasteiger partial charge in [0.05, 0.1) is 0 Å². The summed E-state index contributed by atoms with van der Waals surface area (Å²) in [4.78, 5) is 0. The van der Waals surface area contributed by atoms with Crippen molar-refractivity contribution in [1.29, 1.82) is 0 Å². The van der Waals surface area contributed by atoms with E-state index in [2.05, 4.69) is 13.8 Å². The Bertz CT molecular complexity index is 43.5. The minimum Gasteiger partial charge on any atom is -0.130 e. The van der Waals surface area contributed by atoms with Crippen molar-refractivity contribution in [2.24, 2.45) is 0 Å². The van der Waals surface area contributed by atoms with Gasteiger partial charge in [0.1, 0.15) is 0 Å². The molecule has 4 heteroatoms. The molecule has 0 aromatic heterocycles. The van der Waals surface area contributed by atoms with Crippen LogP contribution >= 0.6 is 33.2 Å². The molecule has 0 heterocycles. The van der Waals surface area contributed by atoms with Gasteiger partial charge >= 0.3 is 6.73 Å². The molecule has 0 saturated carbocycles. The Hall–Kier alpha value is 1.09. The summed E-state index contributed by atoms with van der Waals surface area (Å²) in [6.45, 7) is 2.74. The number of unbranched alkanes of at least 4 members (excludes halogenated alkanes) is 3. The summed E-state index contributed by atoms with van der Waals surface area (Å²) in [6, 6.07) is 0. The van der Waals surface area contributed by atoms with Crippen LogP contribution in [-0.2, 0) is 0 Å². The zero-order valence-electron chi connectivity index (χ0n) is 6.54. The first-order valence-electron chi connectivity index (χ1n) is 3.57. The lowest BCUT2D eigenvalue weighted by molar-refractivity contribution is 0.702. The maximum atomic E-state index is 4.94. The first kappa shape index (κ1) is 13.7. The smallest absolute Gasteiger partial charge is 0.130 e. The van der Waals surface area contributed by atoms with Crippen molar-refractivity contribution in [3.05, 3.63) is 0 Å². The van der Waals surface area contributed by atoms with Crippen LogP contribution in [0.1, 0.15) is 39.5 Å². The van der Waals surface area contributed by atoms with E-state index in [0.29, 0.717) is 0 Å². The molecule has 0 aromatic carbocycles. The summed E-state index contributed by atoms with van der Waals surface area (Å²) in [6.07, 6.45) is 5.54. The molecule has 0 aliphatic heterocycles. The van der Waals surface area contributed by atoms with Gasteiger partial charge in [-0.15, -0.1) is 33.2 Å². The van der Waals surface area contributed by atoms with E-state index >= 15 is 0 Å². The third-order valence-electron chi connectivity index (χ3n) is 0.957. The highest BCUT2D eigenvalue weighted by atomic mass is 35.8. The molecule has 0 fully saturated rings. The average Bonchev–Trinajstić information content (AvgIpc) is 1.82. The topological polar surface area (TPSA) is 0 Å². The minimum absolute atomic E-state index is 1.36. The van der Waals surface area contributed by atoms with Crippen molar-refractivity contribution >= 4 is 40.0 Å². The summed E-state index contributed by atoms with van der Waals surface area (Å²) in [5.74, 6) is 0. The maximum Gasteiger partial charge on any atom is 0.326 e. The lowest BCUT2D eigenvalue weighted by Gasteiger charge is -1.86. The van der Waals surface area contributed by atoms with Crippen LogP contribution in [0.4, 0.5) is 0 Å². The van der Waals surface area contributed by atoms with Crippen LogP contribution in [0.2, 0.25) is 0 Å². The van der Waals surface area contributed by atoms with E-state index in [9.17, 15) is 0 Å². The van der Waals surface area contributed by atoms with Crippen LogP contribution in [0.3, 0.4) is 0 Å². The van der Waals surface area contributed by atoms with Gasteiger partial charge in [-0.3, -0.25) is 0 Å². The van der Waals surface area contributed by atoms with E-state index in [4.69, 9.17) is 33.2 Å². The molecule has 0 bridgehead atoms. The second kappa shape index (κ2) is 12.7. The van der Waals surface area contributed by atoms with E-state index in [0.717, 1.165) is 0 Å². The number of hydrogen-bond donors (Lipinski definition) is 0. The molecule has 0 aliphatic carbocycles. The van der Waals surface area contributed by atoms with E-state index in [1.54, 1.807) is 0 Å². The number of hydrogen-bond acceptors (Lipinski definition) is 0. The molecular weight excluding hydrogens is 207 g/mol. The van der Waals surface area contributed by atoms with Crippen LogP contribution in [-0.4, -0.2) is 6.73 Å². The van der Waals surface area contributed by atoms with Gasteiger partial charge in [-0.2, -0.15) is 0 Å².